The van der Waals surface area contributed by atoms with Crippen LogP contribution >= 0.6 is 24.8 Å². The summed E-state index contributed by atoms with van der Waals surface area (Å²) in [6.45, 7) is 5.93. The van der Waals surface area contributed by atoms with Gasteiger partial charge in [-0.3, -0.25) is 14.6 Å². The maximum absolute atomic E-state index is 13.1. The Labute approximate surface area is 232 Å². The van der Waals surface area contributed by atoms with Gasteiger partial charge in [0.2, 0.25) is 0 Å². The van der Waals surface area contributed by atoms with Gasteiger partial charge in [0.1, 0.15) is 5.82 Å². The first kappa shape index (κ1) is 29.3. The number of benzene rings is 3. The van der Waals surface area contributed by atoms with E-state index in [2.05, 4.69) is 58.3 Å². The molecule has 3 aromatic rings. The molecular formula is C31H37Cl2FN2O. The summed E-state index contributed by atoms with van der Waals surface area (Å²) < 4.78 is 13.1. The van der Waals surface area contributed by atoms with E-state index in [1.54, 1.807) is 0 Å². The Morgan fingerprint density at radius 2 is 1.32 bits per heavy atom. The number of halogens is 3. The summed E-state index contributed by atoms with van der Waals surface area (Å²) in [5.74, 6) is 0.551. The number of likely N-dealkylation sites (tertiary alicyclic amines) is 1. The first-order valence-corrected chi connectivity index (χ1v) is 13.0. The van der Waals surface area contributed by atoms with Crippen LogP contribution in [0.2, 0.25) is 0 Å². The first-order valence-electron chi connectivity index (χ1n) is 13.0. The van der Waals surface area contributed by atoms with Crippen LogP contribution in [-0.2, 0) is 25.9 Å². The first-order chi connectivity index (χ1) is 17.1. The number of nitrogens with zero attached hydrogens (tertiary/aromatic N) is 2. The zero-order valence-electron chi connectivity index (χ0n) is 21.3. The number of hydrogen-bond acceptors (Lipinski definition) is 3. The summed E-state index contributed by atoms with van der Waals surface area (Å²) in [7, 11) is 0. The standard InChI is InChI=1S/C31H35FN2O.2ClH/c32-30-10-6-26(7-11-30)23-33-16-12-24(13-17-33)20-31(35)29-9-8-27-14-18-34(19-15-28(27)21-29)22-25-4-2-1-3-5-25;;/h1-11,21,24H,12-20,22-23H2;2*1H. The van der Waals surface area contributed by atoms with Crippen molar-refractivity contribution < 1.29 is 9.18 Å². The lowest BCUT2D eigenvalue weighted by Crippen LogP contribution is -2.33. The van der Waals surface area contributed by atoms with Crippen LogP contribution in [0.1, 0.15) is 51.9 Å². The van der Waals surface area contributed by atoms with Crippen molar-refractivity contribution in [2.45, 2.75) is 45.2 Å². The van der Waals surface area contributed by atoms with Gasteiger partial charge in [-0.25, -0.2) is 4.39 Å². The normalized spacial score (nSPS) is 16.7. The molecule has 2 aliphatic rings. The zero-order valence-corrected chi connectivity index (χ0v) is 22.9. The van der Waals surface area contributed by atoms with Gasteiger partial charge < -0.3 is 0 Å². The second-order valence-electron chi connectivity index (χ2n) is 10.2. The maximum Gasteiger partial charge on any atom is 0.163 e. The lowest BCUT2D eigenvalue weighted by Gasteiger charge is -2.31. The highest BCUT2D eigenvalue weighted by Gasteiger charge is 2.23. The van der Waals surface area contributed by atoms with Crippen molar-refractivity contribution >= 4 is 30.6 Å². The Morgan fingerprint density at radius 3 is 2.00 bits per heavy atom. The number of carbonyl (C=O) groups is 1. The molecule has 0 bridgehead atoms. The van der Waals surface area contributed by atoms with E-state index in [-0.39, 0.29) is 36.4 Å². The Balaban J connectivity index is 0.00000190. The minimum absolute atomic E-state index is 0. The van der Waals surface area contributed by atoms with Crippen LogP contribution < -0.4 is 0 Å². The molecule has 0 N–H and O–H groups in total. The summed E-state index contributed by atoms with van der Waals surface area (Å²) >= 11 is 0. The number of rotatable bonds is 7. The molecule has 2 aliphatic heterocycles. The lowest BCUT2D eigenvalue weighted by molar-refractivity contribution is 0.0925. The number of fused-ring (bicyclic) bond motifs is 1. The molecule has 0 atom stereocenters. The fourth-order valence-corrected chi connectivity index (χ4v) is 5.52. The van der Waals surface area contributed by atoms with Gasteiger partial charge in [-0.15, -0.1) is 24.8 Å². The quantitative estimate of drug-likeness (QED) is 0.308. The molecular weight excluding hydrogens is 506 g/mol. The van der Waals surface area contributed by atoms with E-state index in [9.17, 15) is 9.18 Å². The summed E-state index contributed by atoms with van der Waals surface area (Å²) in [4.78, 5) is 18.1. The van der Waals surface area contributed by atoms with E-state index in [1.807, 2.05) is 12.1 Å². The number of carbonyl (C=O) groups excluding carboxylic acids is 1. The highest BCUT2D eigenvalue weighted by molar-refractivity contribution is 5.96. The predicted octanol–water partition coefficient (Wildman–Crippen LogP) is 6.76. The summed E-state index contributed by atoms with van der Waals surface area (Å²) in [6, 6.07) is 23.9. The smallest absolute Gasteiger partial charge is 0.163 e. The fraction of sp³-hybridized carbons (Fsp3) is 0.387. The number of Topliss-reactive ketones (excluding diaryl/α,β-unsaturated/α-hetero) is 1. The van der Waals surface area contributed by atoms with Gasteiger partial charge in [-0.1, -0.05) is 54.6 Å². The molecule has 0 radical (unpaired) electrons. The minimum atomic E-state index is -0.187. The van der Waals surface area contributed by atoms with Crippen molar-refractivity contribution in [3.63, 3.8) is 0 Å². The van der Waals surface area contributed by atoms with Crippen LogP contribution in [0.15, 0.2) is 72.8 Å². The van der Waals surface area contributed by atoms with Crippen molar-refractivity contribution in [1.82, 2.24) is 9.80 Å². The van der Waals surface area contributed by atoms with Gasteiger partial charge in [-0.2, -0.15) is 0 Å². The molecule has 1 saturated heterocycles. The molecule has 0 amide bonds. The SMILES string of the molecule is Cl.Cl.O=C(CC1CCN(Cc2ccc(F)cc2)CC1)c1ccc2c(c1)CCN(Cc1ccccc1)CC2. The van der Waals surface area contributed by atoms with Crippen LogP contribution in [0.4, 0.5) is 4.39 Å². The molecule has 37 heavy (non-hydrogen) atoms. The van der Waals surface area contributed by atoms with E-state index in [0.29, 0.717) is 12.3 Å². The molecule has 198 valence electrons. The monoisotopic (exact) mass is 542 g/mol. The average Bonchev–Trinajstić information content (AvgIpc) is 3.09. The second kappa shape index (κ2) is 14.1. The highest BCUT2D eigenvalue weighted by atomic mass is 35.5. The van der Waals surface area contributed by atoms with Crippen molar-refractivity contribution in [1.29, 1.82) is 0 Å². The third-order valence-corrected chi connectivity index (χ3v) is 7.67. The topological polar surface area (TPSA) is 23.6 Å². The minimum Gasteiger partial charge on any atom is -0.299 e. The lowest BCUT2D eigenvalue weighted by atomic mass is 9.88. The highest BCUT2D eigenvalue weighted by Crippen LogP contribution is 2.25. The average molecular weight is 544 g/mol. The number of hydrogen-bond donors (Lipinski definition) is 0. The van der Waals surface area contributed by atoms with E-state index < -0.39 is 0 Å². The van der Waals surface area contributed by atoms with Crippen molar-refractivity contribution in [3.8, 4) is 0 Å². The van der Waals surface area contributed by atoms with Gasteiger partial charge in [0.15, 0.2) is 5.78 Å². The van der Waals surface area contributed by atoms with E-state index in [4.69, 9.17) is 0 Å². The van der Waals surface area contributed by atoms with Crippen LogP contribution in [0.3, 0.4) is 0 Å². The summed E-state index contributed by atoms with van der Waals surface area (Å²) in [5.41, 5.74) is 6.13. The number of piperidine rings is 1. The predicted molar refractivity (Wildman–Crippen MR) is 153 cm³/mol. The van der Waals surface area contributed by atoms with E-state index in [0.717, 1.165) is 76.1 Å². The van der Waals surface area contributed by atoms with Crippen LogP contribution in [0.25, 0.3) is 0 Å². The fourth-order valence-electron chi connectivity index (χ4n) is 5.52. The molecule has 0 unspecified atom stereocenters. The molecule has 3 aromatic carbocycles. The van der Waals surface area contributed by atoms with Crippen LogP contribution in [0.5, 0.6) is 0 Å². The molecule has 1 fully saturated rings. The van der Waals surface area contributed by atoms with E-state index in [1.165, 1.54) is 28.8 Å². The molecule has 0 aliphatic carbocycles. The zero-order chi connectivity index (χ0) is 24.0. The van der Waals surface area contributed by atoms with Crippen molar-refractivity contribution in [2.24, 2.45) is 5.92 Å². The number of ketones is 1. The van der Waals surface area contributed by atoms with Gasteiger partial charge in [0, 0.05) is 38.2 Å². The van der Waals surface area contributed by atoms with Gasteiger partial charge in [0.05, 0.1) is 0 Å². The summed E-state index contributed by atoms with van der Waals surface area (Å²) in [5, 5.41) is 0. The van der Waals surface area contributed by atoms with Gasteiger partial charge in [-0.05, 0) is 85.1 Å². The molecule has 5 rings (SSSR count). The van der Waals surface area contributed by atoms with Crippen molar-refractivity contribution in [2.75, 3.05) is 26.2 Å². The van der Waals surface area contributed by atoms with Gasteiger partial charge in [0.25, 0.3) is 0 Å². The molecule has 2 heterocycles. The van der Waals surface area contributed by atoms with Crippen molar-refractivity contribution in [3.05, 3.63) is 106 Å². The summed E-state index contributed by atoms with van der Waals surface area (Å²) in [6.07, 6.45) is 4.79. The molecule has 0 saturated carbocycles. The van der Waals surface area contributed by atoms with E-state index >= 15 is 0 Å². The Morgan fingerprint density at radius 1 is 0.730 bits per heavy atom. The Kier molecular flexibility index (Phi) is 11.1. The Hall–Kier alpha value is -2.24. The molecule has 6 heteroatoms. The van der Waals surface area contributed by atoms with Crippen LogP contribution in [-0.4, -0.2) is 41.8 Å². The largest absolute Gasteiger partial charge is 0.299 e. The molecule has 0 aromatic heterocycles. The van der Waals surface area contributed by atoms with Crippen LogP contribution in [0, 0.1) is 11.7 Å². The molecule has 0 spiro atoms. The van der Waals surface area contributed by atoms with Gasteiger partial charge >= 0.3 is 0 Å². The third-order valence-electron chi connectivity index (χ3n) is 7.67. The maximum atomic E-state index is 13.1. The Bertz CT molecular complexity index is 1130. The second-order valence-corrected chi connectivity index (χ2v) is 10.2. The molecule has 3 nitrogen and oxygen atoms in total. The third kappa shape index (κ3) is 8.12.